The summed E-state index contributed by atoms with van der Waals surface area (Å²) in [4.78, 5) is 17.0. The topological polar surface area (TPSA) is 60.5 Å². The molecule has 0 fully saturated rings. The number of carbonyl (C=O) groups excluding carboxylic acids is 1. The Hall–Kier alpha value is -3.78. The normalized spacial score (nSPS) is 20.4. The van der Waals surface area contributed by atoms with Crippen molar-refractivity contribution in [3.05, 3.63) is 84.1 Å². The standard InChI is InChI=1S/C23H17N3O2/c1-25-19-6-3-2-5-18(19)22-20(25)13-16(14-24)23(27)26(22)17-10-8-15(9-11-17)21-7-4-12-28-21/h2-13,20,22H,1H3. The van der Waals surface area contributed by atoms with Gasteiger partial charge in [-0.2, -0.15) is 5.26 Å². The molecule has 0 saturated carbocycles. The summed E-state index contributed by atoms with van der Waals surface area (Å²) in [6, 6.07) is 21.4. The highest BCUT2D eigenvalue weighted by Crippen LogP contribution is 2.47. The Morgan fingerprint density at radius 1 is 1.04 bits per heavy atom. The number of benzene rings is 2. The summed E-state index contributed by atoms with van der Waals surface area (Å²) in [6.07, 6.45) is 3.43. The van der Waals surface area contributed by atoms with Crippen LogP contribution in [0.1, 0.15) is 11.6 Å². The van der Waals surface area contributed by atoms with Crippen molar-refractivity contribution in [2.24, 2.45) is 0 Å². The van der Waals surface area contributed by atoms with E-state index in [4.69, 9.17) is 4.42 Å². The maximum absolute atomic E-state index is 13.1. The van der Waals surface area contributed by atoms with E-state index in [1.807, 2.05) is 55.6 Å². The summed E-state index contributed by atoms with van der Waals surface area (Å²) in [6.45, 7) is 0. The first-order valence-corrected chi connectivity index (χ1v) is 9.10. The molecule has 0 radical (unpaired) electrons. The Balaban J connectivity index is 1.62. The molecule has 0 saturated heterocycles. The van der Waals surface area contributed by atoms with Crippen LogP contribution >= 0.6 is 0 Å². The fourth-order valence-corrected chi connectivity index (χ4v) is 4.20. The van der Waals surface area contributed by atoms with Gasteiger partial charge in [-0.15, -0.1) is 0 Å². The third-order valence-electron chi connectivity index (χ3n) is 5.54. The Kier molecular flexibility index (Phi) is 3.59. The number of nitriles is 1. The molecule has 0 aliphatic carbocycles. The van der Waals surface area contributed by atoms with Gasteiger partial charge in [0.2, 0.25) is 0 Å². The van der Waals surface area contributed by atoms with E-state index in [0.717, 1.165) is 28.3 Å². The van der Waals surface area contributed by atoms with Gasteiger partial charge in [0.05, 0.1) is 18.3 Å². The van der Waals surface area contributed by atoms with Gasteiger partial charge in [0.15, 0.2) is 0 Å². The van der Waals surface area contributed by atoms with Crippen LogP contribution in [0, 0.1) is 11.3 Å². The molecule has 2 aliphatic rings. The maximum Gasteiger partial charge on any atom is 0.269 e. The second-order valence-corrected chi connectivity index (χ2v) is 7.00. The zero-order valence-electron chi connectivity index (χ0n) is 15.2. The summed E-state index contributed by atoms with van der Waals surface area (Å²) >= 11 is 0. The van der Waals surface area contributed by atoms with Crippen LogP contribution in [0.3, 0.4) is 0 Å². The molecule has 2 aliphatic heterocycles. The second-order valence-electron chi connectivity index (χ2n) is 7.00. The van der Waals surface area contributed by atoms with Crippen LogP contribution in [0.4, 0.5) is 11.4 Å². The van der Waals surface area contributed by atoms with Crippen molar-refractivity contribution in [3.8, 4) is 17.4 Å². The minimum Gasteiger partial charge on any atom is -0.464 e. The molecule has 0 bridgehead atoms. The molecule has 1 amide bonds. The van der Waals surface area contributed by atoms with Crippen LogP contribution < -0.4 is 9.80 Å². The highest BCUT2D eigenvalue weighted by Gasteiger charge is 2.45. The van der Waals surface area contributed by atoms with Gasteiger partial charge in [-0.3, -0.25) is 9.69 Å². The highest BCUT2D eigenvalue weighted by molar-refractivity contribution is 6.10. The van der Waals surface area contributed by atoms with E-state index in [0.29, 0.717) is 0 Å². The number of rotatable bonds is 2. The summed E-state index contributed by atoms with van der Waals surface area (Å²) in [5, 5.41) is 9.52. The quantitative estimate of drug-likeness (QED) is 0.677. The zero-order valence-corrected chi connectivity index (χ0v) is 15.2. The lowest BCUT2D eigenvalue weighted by molar-refractivity contribution is -0.115. The molecule has 5 heteroatoms. The number of para-hydroxylation sites is 1. The number of nitrogens with zero attached hydrogens (tertiary/aromatic N) is 3. The molecule has 5 rings (SSSR count). The van der Waals surface area contributed by atoms with E-state index in [1.54, 1.807) is 17.2 Å². The van der Waals surface area contributed by atoms with Gasteiger partial charge in [-0.25, -0.2) is 0 Å². The number of furan rings is 1. The predicted octanol–water partition coefficient (Wildman–Crippen LogP) is 4.30. The fourth-order valence-electron chi connectivity index (χ4n) is 4.20. The van der Waals surface area contributed by atoms with Crippen molar-refractivity contribution >= 4 is 17.3 Å². The summed E-state index contributed by atoms with van der Waals surface area (Å²) < 4.78 is 5.45. The molecule has 2 unspecified atom stereocenters. The molecule has 28 heavy (non-hydrogen) atoms. The van der Waals surface area contributed by atoms with Gasteiger partial charge in [0.1, 0.15) is 17.4 Å². The van der Waals surface area contributed by atoms with Gasteiger partial charge in [0, 0.05) is 29.5 Å². The molecule has 136 valence electrons. The summed E-state index contributed by atoms with van der Waals surface area (Å²) in [5.41, 5.74) is 4.05. The minimum absolute atomic E-state index is 0.0745. The third-order valence-corrected chi connectivity index (χ3v) is 5.54. The molecule has 0 spiro atoms. The number of anilines is 2. The van der Waals surface area contributed by atoms with E-state index in [9.17, 15) is 10.1 Å². The number of fused-ring (bicyclic) bond motifs is 3. The van der Waals surface area contributed by atoms with Crippen LogP contribution in [0.15, 0.2) is 83.0 Å². The number of amides is 1. The van der Waals surface area contributed by atoms with Gasteiger partial charge < -0.3 is 9.32 Å². The first kappa shape index (κ1) is 16.4. The lowest BCUT2D eigenvalue weighted by atomic mass is 9.93. The highest BCUT2D eigenvalue weighted by atomic mass is 16.3. The van der Waals surface area contributed by atoms with Crippen molar-refractivity contribution in [1.82, 2.24) is 0 Å². The van der Waals surface area contributed by atoms with E-state index < -0.39 is 0 Å². The summed E-state index contributed by atoms with van der Waals surface area (Å²) in [5.74, 6) is 0.512. The van der Waals surface area contributed by atoms with Crippen molar-refractivity contribution in [3.63, 3.8) is 0 Å². The Morgan fingerprint density at radius 2 is 1.82 bits per heavy atom. The molecule has 2 atom stereocenters. The van der Waals surface area contributed by atoms with Gasteiger partial charge in [-0.05, 0) is 48.5 Å². The lowest BCUT2D eigenvalue weighted by Gasteiger charge is -2.37. The Bertz CT molecular complexity index is 1120. The van der Waals surface area contributed by atoms with Crippen LogP contribution in [0.5, 0.6) is 0 Å². The molecular weight excluding hydrogens is 350 g/mol. The molecule has 0 N–H and O–H groups in total. The molecule has 3 aromatic rings. The average molecular weight is 367 g/mol. The zero-order chi connectivity index (χ0) is 19.3. The van der Waals surface area contributed by atoms with E-state index in [2.05, 4.69) is 23.1 Å². The third kappa shape index (κ3) is 2.28. The van der Waals surface area contributed by atoms with Gasteiger partial charge in [-0.1, -0.05) is 18.2 Å². The van der Waals surface area contributed by atoms with Crippen LogP contribution in [0.2, 0.25) is 0 Å². The SMILES string of the molecule is CN1c2ccccc2C2C1C=C(C#N)C(=O)N2c1ccc(-c2ccco2)cc1. The molecule has 2 aromatic carbocycles. The lowest BCUT2D eigenvalue weighted by Crippen LogP contribution is -2.46. The maximum atomic E-state index is 13.1. The Morgan fingerprint density at radius 3 is 2.54 bits per heavy atom. The minimum atomic E-state index is -0.264. The van der Waals surface area contributed by atoms with Crippen molar-refractivity contribution in [2.45, 2.75) is 12.1 Å². The second kappa shape index (κ2) is 6.14. The van der Waals surface area contributed by atoms with Gasteiger partial charge in [0.25, 0.3) is 5.91 Å². The number of hydrogen-bond donors (Lipinski definition) is 0. The molecular formula is C23H17N3O2. The first-order chi connectivity index (χ1) is 13.7. The largest absolute Gasteiger partial charge is 0.464 e. The van der Waals surface area contributed by atoms with E-state index in [-0.39, 0.29) is 23.6 Å². The smallest absolute Gasteiger partial charge is 0.269 e. The van der Waals surface area contributed by atoms with Crippen molar-refractivity contribution < 1.29 is 9.21 Å². The van der Waals surface area contributed by atoms with Crippen molar-refractivity contribution in [2.75, 3.05) is 16.8 Å². The van der Waals surface area contributed by atoms with Crippen LogP contribution in [-0.4, -0.2) is 19.0 Å². The number of carbonyl (C=O) groups is 1. The summed E-state index contributed by atoms with van der Waals surface area (Å²) in [7, 11) is 2.00. The fraction of sp³-hybridized carbons (Fsp3) is 0.130. The Labute approximate surface area is 162 Å². The molecule has 3 heterocycles. The number of likely N-dealkylation sites (N-methyl/N-ethyl adjacent to an activating group) is 1. The van der Waals surface area contributed by atoms with E-state index in [1.165, 1.54) is 0 Å². The van der Waals surface area contributed by atoms with Crippen molar-refractivity contribution in [1.29, 1.82) is 5.26 Å². The van der Waals surface area contributed by atoms with E-state index >= 15 is 0 Å². The molecule has 1 aromatic heterocycles. The van der Waals surface area contributed by atoms with Crippen LogP contribution in [0.25, 0.3) is 11.3 Å². The van der Waals surface area contributed by atoms with Crippen LogP contribution in [-0.2, 0) is 4.79 Å². The molecule has 5 nitrogen and oxygen atoms in total. The first-order valence-electron chi connectivity index (χ1n) is 9.10. The number of hydrogen-bond acceptors (Lipinski definition) is 4. The predicted molar refractivity (Wildman–Crippen MR) is 107 cm³/mol. The average Bonchev–Trinajstić information content (AvgIpc) is 3.36. The van der Waals surface area contributed by atoms with Gasteiger partial charge >= 0.3 is 0 Å². The monoisotopic (exact) mass is 367 g/mol.